The number of hydrogen-bond donors (Lipinski definition) is 0. The summed E-state index contributed by atoms with van der Waals surface area (Å²) in [7, 11) is -3.06. The molecule has 0 bridgehead atoms. The van der Waals surface area contributed by atoms with Crippen LogP contribution in [0.3, 0.4) is 0 Å². The summed E-state index contributed by atoms with van der Waals surface area (Å²) in [4.78, 5) is 26.5. The molecule has 3 rings (SSSR count). The van der Waals surface area contributed by atoms with Crippen LogP contribution in [0.25, 0.3) is 0 Å². The fraction of sp³-hybridized carbons (Fsp3) is 0.619. The van der Waals surface area contributed by atoms with Gasteiger partial charge in [-0.1, -0.05) is 26.2 Å². The molecule has 1 atom stereocenters. The van der Waals surface area contributed by atoms with Crippen molar-refractivity contribution in [3.05, 3.63) is 29.8 Å². The van der Waals surface area contributed by atoms with Crippen LogP contribution in [0.5, 0.6) is 5.75 Å². The first-order valence-corrected chi connectivity index (χ1v) is 12.0. The second-order valence-electron chi connectivity index (χ2n) is 7.74. The van der Waals surface area contributed by atoms with Crippen molar-refractivity contribution in [1.29, 1.82) is 0 Å². The number of ether oxygens (including phenoxy) is 1. The Bertz CT molecular complexity index is 797. The van der Waals surface area contributed by atoms with Crippen LogP contribution in [0.4, 0.5) is 0 Å². The predicted octanol–water partition coefficient (Wildman–Crippen LogP) is 3.01. The molecule has 1 unspecified atom stereocenters. The second kappa shape index (κ2) is 9.07. The van der Waals surface area contributed by atoms with Gasteiger partial charge in [-0.25, -0.2) is 8.42 Å². The average molecular weight is 408 g/mol. The molecule has 1 amide bonds. The molecule has 1 heterocycles. The molecule has 28 heavy (non-hydrogen) atoms. The number of Topliss-reactive ketones (excluding diaryl/α,β-unsaturated/α-hetero) is 1. The van der Waals surface area contributed by atoms with E-state index < -0.39 is 9.84 Å². The van der Waals surface area contributed by atoms with Crippen LogP contribution in [0, 0.1) is 0 Å². The minimum atomic E-state index is -3.06. The molecule has 2 fully saturated rings. The molecule has 1 aromatic carbocycles. The Labute approximate surface area is 167 Å². The minimum absolute atomic E-state index is 0.0586. The first-order valence-electron chi connectivity index (χ1n) is 10.2. The van der Waals surface area contributed by atoms with E-state index in [9.17, 15) is 18.0 Å². The summed E-state index contributed by atoms with van der Waals surface area (Å²) in [5, 5.41) is 0. The van der Waals surface area contributed by atoms with Crippen LogP contribution in [0.2, 0.25) is 0 Å². The third-order valence-electron chi connectivity index (χ3n) is 5.72. The number of carbonyl (C=O) groups excluding carboxylic acids is 2. The molecule has 1 saturated heterocycles. The summed E-state index contributed by atoms with van der Waals surface area (Å²) >= 11 is 0. The topological polar surface area (TPSA) is 80.8 Å². The fourth-order valence-corrected chi connectivity index (χ4v) is 5.93. The zero-order chi connectivity index (χ0) is 20.1. The summed E-state index contributed by atoms with van der Waals surface area (Å²) in [5.74, 6) is 0.658. The van der Waals surface area contributed by atoms with E-state index in [1.54, 1.807) is 29.2 Å². The number of nitrogens with zero attached hydrogens (tertiary/aromatic N) is 1. The zero-order valence-corrected chi connectivity index (χ0v) is 17.2. The number of amides is 1. The lowest BCUT2D eigenvalue weighted by molar-refractivity contribution is -0.138. The number of sulfone groups is 1. The standard InChI is InChI=1S/C21H29NO5S/c1-2-20(23)16-8-10-19(11-9-16)27-14-21(24)22(17-6-4-3-5-7-17)18-12-13-28(25,26)15-18/h8-11,17-18H,2-7,12-15H2,1H3. The monoisotopic (exact) mass is 407 g/mol. The van der Waals surface area contributed by atoms with Gasteiger partial charge in [0.05, 0.1) is 11.5 Å². The zero-order valence-electron chi connectivity index (χ0n) is 16.4. The highest BCUT2D eigenvalue weighted by Gasteiger charge is 2.38. The van der Waals surface area contributed by atoms with Gasteiger partial charge in [-0.05, 0) is 43.5 Å². The number of benzene rings is 1. The number of carbonyl (C=O) groups is 2. The molecule has 0 N–H and O–H groups in total. The predicted molar refractivity (Wildman–Crippen MR) is 107 cm³/mol. The molecule has 7 heteroatoms. The van der Waals surface area contributed by atoms with Crippen LogP contribution in [-0.2, 0) is 14.6 Å². The summed E-state index contributed by atoms with van der Waals surface area (Å²) in [6, 6.07) is 6.66. The molecular weight excluding hydrogens is 378 g/mol. The third kappa shape index (κ3) is 5.13. The number of ketones is 1. The first-order chi connectivity index (χ1) is 13.4. The minimum Gasteiger partial charge on any atom is -0.484 e. The van der Waals surface area contributed by atoms with Gasteiger partial charge in [0.25, 0.3) is 5.91 Å². The quantitative estimate of drug-likeness (QED) is 0.649. The van der Waals surface area contributed by atoms with E-state index in [0.29, 0.717) is 24.2 Å². The Morgan fingerprint density at radius 2 is 1.71 bits per heavy atom. The van der Waals surface area contributed by atoms with Crippen molar-refractivity contribution < 1.29 is 22.7 Å². The average Bonchev–Trinajstić information content (AvgIpc) is 3.06. The fourth-order valence-electron chi connectivity index (χ4n) is 4.22. The summed E-state index contributed by atoms with van der Waals surface area (Å²) in [5.41, 5.74) is 0.626. The second-order valence-corrected chi connectivity index (χ2v) is 9.97. The van der Waals surface area contributed by atoms with E-state index in [2.05, 4.69) is 0 Å². The SMILES string of the molecule is CCC(=O)c1ccc(OCC(=O)N(C2CCCCC2)C2CCS(=O)(=O)C2)cc1. The third-order valence-corrected chi connectivity index (χ3v) is 7.47. The Morgan fingerprint density at radius 1 is 1.04 bits per heavy atom. The molecule has 1 aliphatic carbocycles. The Hall–Kier alpha value is -1.89. The van der Waals surface area contributed by atoms with Gasteiger partial charge in [-0.15, -0.1) is 0 Å². The lowest BCUT2D eigenvalue weighted by atomic mass is 9.93. The van der Waals surface area contributed by atoms with Crippen LogP contribution < -0.4 is 4.74 Å². The van der Waals surface area contributed by atoms with Gasteiger partial charge >= 0.3 is 0 Å². The van der Waals surface area contributed by atoms with E-state index in [1.165, 1.54) is 6.42 Å². The van der Waals surface area contributed by atoms with Crippen LogP contribution in [0.15, 0.2) is 24.3 Å². The van der Waals surface area contributed by atoms with E-state index in [1.807, 2.05) is 6.92 Å². The molecule has 1 saturated carbocycles. The van der Waals surface area contributed by atoms with Crippen molar-refractivity contribution in [3.8, 4) is 5.75 Å². The number of rotatable bonds is 7. The number of hydrogen-bond acceptors (Lipinski definition) is 5. The van der Waals surface area contributed by atoms with Gasteiger partial charge in [0, 0.05) is 24.1 Å². The molecule has 6 nitrogen and oxygen atoms in total. The van der Waals surface area contributed by atoms with Crippen molar-refractivity contribution in [2.75, 3.05) is 18.1 Å². The van der Waals surface area contributed by atoms with Crippen LogP contribution in [-0.4, -0.2) is 55.2 Å². The van der Waals surface area contributed by atoms with Crippen LogP contribution >= 0.6 is 0 Å². The van der Waals surface area contributed by atoms with Crippen molar-refractivity contribution in [3.63, 3.8) is 0 Å². The molecule has 154 valence electrons. The van der Waals surface area contributed by atoms with E-state index in [4.69, 9.17) is 4.74 Å². The van der Waals surface area contributed by atoms with Crippen molar-refractivity contribution in [2.24, 2.45) is 0 Å². The maximum Gasteiger partial charge on any atom is 0.261 e. The largest absolute Gasteiger partial charge is 0.484 e. The van der Waals surface area contributed by atoms with Crippen molar-refractivity contribution in [2.45, 2.75) is 64.0 Å². The molecular formula is C21H29NO5S. The molecule has 1 aliphatic heterocycles. The van der Waals surface area contributed by atoms with Crippen LogP contribution in [0.1, 0.15) is 62.2 Å². The van der Waals surface area contributed by atoms with E-state index in [0.717, 1.165) is 25.7 Å². The van der Waals surface area contributed by atoms with Crippen molar-refractivity contribution in [1.82, 2.24) is 4.90 Å². The Balaban J connectivity index is 1.66. The van der Waals surface area contributed by atoms with E-state index >= 15 is 0 Å². The summed E-state index contributed by atoms with van der Waals surface area (Å²) in [6.45, 7) is 1.70. The lowest BCUT2D eigenvalue weighted by Gasteiger charge is -2.38. The van der Waals surface area contributed by atoms with Crippen molar-refractivity contribution >= 4 is 21.5 Å². The van der Waals surface area contributed by atoms with Gasteiger partial charge in [-0.3, -0.25) is 9.59 Å². The summed E-state index contributed by atoms with van der Waals surface area (Å²) in [6.07, 6.45) is 6.12. The van der Waals surface area contributed by atoms with Gasteiger partial charge < -0.3 is 9.64 Å². The van der Waals surface area contributed by atoms with Gasteiger partial charge in [-0.2, -0.15) is 0 Å². The molecule has 0 radical (unpaired) electrons. The highest BCUT2D eigenvalue weighted by atomic mass is 32.2. The highest BCUT2D eigenvalue weighted by molar-refractivity contribution is 7.91. The maximum atomic E-state index is 13.0. The van der Waals surface area contributed by atoms with E-state index in [-0.39, 0.29) is 41.9 Å². The Morgan fingerprint density at radius 3 is 2.29 bits per heavy atom. The molecule has 0 aromatic heterocycles. The molecule has 0 spiro atoms. The van der Waals surface area contributed by atoms with Gasteiger partial charge in [0.1, 0.15) is 5.75 Å². The smallest absolute Gasteiger partial charge is 0.261 e. The highest BCUT2D eigenvalue weighted by Crippen LogP contribution is 2.28. The molecule has 2 aliphatic rings. The Kier molecular flexibility index (Phi) is 6.75. The van der Waals surface area contributed by atoms with Gasteiger partial charge in [0.15, 0.2) is 22.2 Å². The first kappa shape index (κ1) is 20.8. The summed E-state index contributed by atoms with van der Waals surface area (Å²) < 4.78 is 29.6. The maximum absolute atomic E-state index is 13.0. The van der Waals surface area contributed by atoms with Gasteiger partial charge in [0.2, 0.25) is 0 Å². The normalized spacial score (nSPS) is 22.0. The lowest BCUT2D eigenvalue weighted by Crippen LogP contribution is -2.50. The molecule has 1 aromatic rings.